The van der Waals surface area contributed by atoms with E-state index in [-0.39, 0.29) is 16.9 Å². The lowest BCUT2D eigenvalue weighted by Gasteiger charge is -2.04. The first kappa shape index (κ1) is 10.8. The number of phenols is 1. The normalized spacial score (nSPS) is 9.21. The van der Waals surface area contributed by atoms with Gasteiger partial charge in [0.15, 0.2) is 0 Å². The Balaban J connectivity index is 3.33. The Kier molecular flexibility index (Phi) is 3.30. The van der Waals surface area contributed by atoms with Crippen molar-refractivity contribution in [2.24, 2.45) is 0 Å². The number of methoxy groups -OCH3 is 1. The molecule has 0 aliphatic heterocycles. The molecule has 0 fully saturated rings. The van der Waals surface area contributed by atoms with Crippen LogP contribution in [0.5, 0.6) is 5.75 Å². The van der Waals surface area contributed by atoms with Crippen LogP contribution in [0.25, 0.3) is 0 Å². The molecule has 72 valence electrons. The van der Waals surface area contributed by atoms with Gasteiger partial charge in [-0.3, -0.25) is 0 Å². The number of hydrogen-bond acceptors (Lipinski definition) is 4. The average molecular weight is 303 g/mol. The van der Waals surface area contributed by atoms with E-state index >= 15 is 0 Å². The van der Waals surface area contributed by atoms with E-state index in [1.54, 1.807) is 22.6 Å². The quantitative estimate of drug-likeness (QED) is 0.632. The third-order valence-electron chi connectivity index (χ3n) is 1.64. The molecule has 1 aromatic rings. The zero-order valence-corrected chi connectivity index (χ0v) is 9.40. The highest BCUT2D eigenvalue weighted by atomic mass is 127. The maximum absolute atomic E-state index is 11.2. The standard InChI is InChI=1S/C9H6INO3/c1-14-9(13)6-3-2-5(4-11)8(12)7(6)10/h2-3,12H,1H3. The minimum Gasteiger partial charge on any atom is -0.505 e. The minimum absolute atomic E-state index is 0.141. The first-order valence-corrected chi connectivity index (χ1v) is 4.69. The first-order chi connectivity index (χ1) is 6.61. The highest BCUT2D eigenvalue weighted by Crippen LogP contribution is 2.27. The largest absolute Gasteiger partial charge is 0.505 e. The Labute approximate surface area is 94.2 Å². The van der Waals surface area contributed by atoms with Crippen molar-refractivity contribution >= 4 is 28.6 Å². The van der Waals surface area contributed by atoms with Crippen LogP contribution in [0, 0.1) is 14.9 Å². The predicted octanol–water partition coefficient (Wildman–Crippen LogP) is 1.66. The van der Waals surface area contributed by atoms with Crippen LogP contribution in [0.2, 0.25) is 0 Å². The van der Waals surface area contributed by atoms with Gasteiger partial charge in [0.1, 0.15) is 11.8 Å². The van der Waals surface area contributed by atoms with E-state index in [2.05, 4.69) is 4.74 Å². The number of carbonyl (C=O) groups excluding carboxylic acids is 1. The molecule has 0 spiro atoms. The van der Waals surface area contributed by atoms with Gasteiger partial charge in [0.2, 0.25) is 0 Å². The van der Waals surface area contributed by atoms with Crippen LogP contribution in [-0.2, 0) is 4.74 Å². The van der Waals surface area contributed by atoms with Gasteiger partial charge in [-0.2, -0.15) is 5.26 Å². The summed E-state index contributed by atoms with van der Waals surface area (Å²) < 4.78 is 4.84. The van der Waals surface area contributed by atoms with E-state index in [1.807, 2.05) is 6.07 Å². The molecule has 0 aliphatic rings. The summed E-state index contributed by atoms with van der Waals surface area (Å²) in [5.41, 5.74) is 0.395. The molecule has 1 N–H and O–H groups in total. The number of nitrogens with zero attached hydrogens (tertiary/aromatic N) is 1. The summed E-state index contributed by atoms with van der Waals surface area (Å²) in [5.74, 6) is -0.717. The van der Waals surface area contributed by atoms with Gasteiger partial charge in [0, 0.05) is 0 Å². The van der Waals surface area contributed by atoms with Crippen LogP contribution in [0.15, 0.2) is 12.1 Å². The van der Waals surface area contributed by atoms with E-state index in [9.17, 15) is 9.90 Å². The molecule has 1 rings (SSSR count). The molecule has 0 unspecified atom stereocenters. The second kappa shape index (κ2) is 4.28. The fourth-order valence-electron chi connectivity index (χ4n) is 0.922. The van der Waals surface area contributed by atoms with Crippen molar-refractivity contribution in [3.05, 3.63) is 26.8 Å². The van der Waals surface area contributed by atoms with Crippen molar-refractivity contribution < 1.29 is 14.6 Å². The molecule has 0 radical (unpaired) electrons. The molecule has 14 heavy (non-hydrogen) atoms. The van der Waals surface area contributed by atoms with E-state index in [1.165, 1.54) is 19.2 Å². The van der Waals surface area contributed by atoms with Crippen LogP contribution in [0.4, 0.5) is 0 Å². The average Bonchev–Trinajstić information content (AvgIpc) is 2.21. The Hall–Kier alpha value is -1.29. The van der Waals surface area contributed by atoms with Crippen LogP contribution in [-0.4, -0.2) is 18.2 Å². The van der Waals surface area contributed by atoms with Crippen molar-refractivity contribution in [3.8, 4) is 11.8 Å². The fraction of sp³-hybridized carbons (Fsp3) is 0.111. The molecule has 1 aromatic carbocycles. The minimum atomic E-state index is -0.533. The summed E-state index contributed by atoms with van der Waals surface area (Å²) in [5, 5.41) is 18.1. The number of benzene rings is 1. The van der Waals surface area contributed by atoms with Gasteiger partial charge < -0.3 is 9.84 Å². The maximum Gasteiger partial charge on any atom is 0.339 e. The number of ether oxygens (including phenoxy) is 1. The third-order valence-corrected chi connectivity index (χ3v) is 2.73. The van der Waals surface area contributed by atoms with E-state index in [0.29, 0.717) is 3.57 Å². The molecule has 0 aliphatic carbocycles. The lowest BCUT2D eigenvalue weighted by molar-refractivity contribution is 0.0599. The smallest absolute Gasteiger partial charge is 0.339 e. The van der Waals surface area contributed by atoms with Gasteiger partial charge in [-0.25, -0.2) is 4.79 Å². The van der Waals surface area contributed by atoms with E-state index in [0.717, 1.165) is 0 Å². The Morgan fingerprint density at radius 3 is 2.79 bits per heavy atom. The molecule has 4 nitrogen and oxygen atoms in total. The summed E-state index contributed by atoms with van der Waals surface area (Å²) in [6.07, 6.45) is 0. The molecular weight excluding hydrogens is 297 g/mol. The van der Waals surface area contributed by atoms with Crippen molar-refractivity contribution in [2.75, 3.05) is 7.11 Å². The van der Waals surface area contributed by atoms with Crippen LogP contribution < -0.4 is 0 Å². The van der Waals surface area contributed by atoms with Gasteiger partial charge in [-0.1, -0.05) is 0 Å². The Morgan fingerprint density at radius 1 is 1.64 bits per heavy atom. The number of halogens is 1. The zero-order valence-electron chi connectivity index (χ0n) is 7.24. The molecule has 5 heteroatoms. The highest BCUT2D eigenvalue weighted by molar-refractivity contribution is 14.1. The van der Waals surface area contributed by atoms with Gasteiger partial charge in [-0.05, 0) is 34.7 Å². The molecule has 0 saturated carbocycles. The molecule has 0 amide bonds. The predicted molar refractivity (Wildman–Crippen MR) is 56.9 cm³/mol. The van der Waals surface area contributed by atoms with Gasteiger partial charge in [0.05, 0.1) is 21.8 Å². The Bertz CT molecular complexity index is 423. The molecule has 0 saturated heterocycles. The second-order valence-corrected chi connectivity index (χ2v) is 3.51. The third kappa shape index (κ3) is 1.80. The van der Waals surface area contributed by atoms with Crippen molar-refractivity contribution in [1.29, 1.82) is 5.26 Å². The van der Waals surface area contributed by atoms with Crippen LogP contribution in [0.3, 0.4) is 0 Å². The molecule has 0 atom stereocenters. The molecule has 0 aromatic heterocycles. The highest BCUT2D eigenvalue weighted by Gasteiger charge is 2.15. The summed E-state index contributed by atoms with van der Waals surface area (Å²) >= 11 is 1.79. The summed E-state index contributed by atoms with van der Waals surface area (Å²) in [4.78, 5) is 11.2. The van der Waals surface area contributed by atoms with Crippen molar-refractivity contribution in [2.45, 2.75) is 0 Å². The van der Waals surface area contributed by atoms with E-state index < -0.39 is 5.97 Å². The molecule has 0 bridgehead atoms. The zero-order chi connectivity index (χ0) is 10.7. The first-order valence-electron chi connectivity index (χ1n) is 3.61. The van der Waals surface area contributed by atoms with E-state index in [4.69, 9.17) is 5.26 Å². The maximum atomic E-state index is 11.2. The van der Waals surface area contributed by atoms with Gasteiger partial charge in [-0.15, -0.1) is 0 Å². The number of esters is 1. The van der Waals surface area contributed by atoms with Crippen molar-refractivity contribution in [1.82, 2.24) is 0 Å². The number of carbonyl (C=O) groups is 1. The number of nitriles is 1. The molecular formula is C9H6INO3. The topological polar surface area (TPSA) is 70.3 Å². The lowest BCUT2D eigenvalue weighted by Crippen LogP contribution is -2.04. The monoisotopic (exact) mass is 303 g/mol. The number of phenolic OH excluding ortho intramolecular Hbond substituents is 1. The fourth-order valence-corrected chi connectivity index (χ4v) is 1.61. The summed E-state index contributed by atoms with van der Waals surface area (Å²) in [7, 11) is 1.26. The second-order valence-electron chi connectivity index (χ2n) is 2.43. The summed E-state index contributed by atoms with van der Waals surface area (Å²) in [6, 6.07) is 4.64. The number of hydrogen-bond donors (Lipinski definition) is 1. The number of rotatable bonds is 1. The van der Waals surface area contributed by atoms with Crippen molar-refractivity contribution in [3.63, 3.8) is 0 Å². The van der Waals surface area contributed by atoms with Crippen LogP contribution >= 0.6 is 22.6 Å². The number of aromatic hydroxyl groups is 1. The SMILES string of the molecule is COC(=O)c1ccc(C#N)c(O)c1I. The molecule has 0 heterocycles. The van der Waals surface area contributed by atoms with Gasteiger partial charge in [0.25, 0.3) is 0 Å². The summed E-state index contributed by atoms with van der Waals surface area (Å²) in [6.45, 7) is 0. The Morgan fingerprint density at radius 2 is 2.29 bits per heavy atom. The van der Waals surface area contributed by atoms with Crippen LogP contribution in [0.1, 0.15) is 15.9 Å². The lowest BCUT2D eigenvalue weighted by atomic mass is 10.1. The van der Waals surface area contributed by atoms with Gasteiger partial charge >= 0.3 is 5.97 Å².